The van der Waals surface area contributed by atoms with Crippen molar-refractivity contribution in [1.29, 1.82) is 0 Å². The van der Waals surface area contributed by atoms with Gasteiger partial charge in [-0.2, -0.15) is 0 Å². The van der Waals surface area contributed by atoms with E-state index in [2.05, 4.69) is 20.9 Å². The van der Waals surface area contributed by atoms with Crippen LogP contribution in [0.2, 0.25) is 0 Å². The first kappa shape index (κ1) is 37.9. The SMILES string of the molecule is COc1cc(C(=O)N2CCC(CCN3CCC(Nc4nc5ccccc5n4CCCOc4ccc(F)cc4)CC3)(c3cccc(F)c3)C2)cc(OC)c1OC. The van der Waals surface area contributed by atoms with Crippen molar-refractivity contribution in [2.45, 2.75) is 50.1 Å². The number of rotatable bonds is 15. The van der Waals surface area contributed by atoms with E-state index in [-0.39, 0.29) is 23.6 Å². The Labute approximate surface area is 320 Å². The Morgan fingerprint density at radius 2 is 1.60 bits per heavy atom. The molecule has 2 fully saturated rings. The van der Waals surface area contributed by atoms with Gasteiger partial charge in [-0.3, -0.25) is 4.79 Å². The average Bonchev–Trinajstić information content (AvgIpc) is 3.81. The number of benzene rings is 4. The van der Waals surface area contributed by atoms with E-state index >= 15 is 0 Å². The van der Waals surface area contributed by atoms with Crippen LogP contribution in [0.3, 0.4) is 0 Å². The summed E-state index contributed by atoms with van der Waals surface area (Å²) in [7, 11) is 4.59. The highest BCUT2D eigenvalue weighted by Gasteiger charge is 2.42. The van der Waals surface area contributed by atoms with E-state index in [0.717, 1.165) is 80.8 Å². The number of anilines is 1. The van der Waals surface area contributed by atoms with E-state index in [0.29, 0.717) is 48.3 Å². The van der Waals surface area contributed by atoms with Gasteiger partial charge in [0.25, 0.3) is 5.91 Å². The molecule has 0 aliphatic carbocycles. The lowest BCUT2D eigenvalue weighted by atomic mass is 9.76. The number of para-hydroxylation sites is 2. The van der Waals surface area contributed by atoms with Gasteiger partial charge in [-0.15, -0.1) is 0 Å². The summed E-state index contributed by atoms with van der Waals surface area (Å²) in [6, 6.07) is 24.7. The van der Waals surface area contributed by atoms with Crippen molar-refractivity contribution < 1.29 is 32.5 Å². The lowest BCUT2D eigenvalue weighted by Gasteiger charge is -2.36. The Morgan fingerprint density at radius 3 is 2.31 bits per heavy atom. The van der Waals surface area contributed by atoms with Gasteiger partial charge in [0.15, 0.2) is 11.5 Å². The zero-order valence-corrected chi connectivity index (χ0v) is 31.7. The van der Waals surface area contributed by atoms with Gasteiger partial charge in [-0.25, -0.2) is 13.8 Å². The van der Waals surface area contributed by atoms with Crippen LogP contribution in [0, 0.1) is 11.6 Å². The highest BCUT2D eigenvalue weighted by Crippen LogP contribution is 2.42. The van der Waals surface area contributed by atoms with E-state index in [1.807, 2.05) is 29.2 Å². The van der Waals surface area contributed by atoms with Crippen LogP contribution in [0.5, 0.6) is 23.0 Å². The van der Waals surface area contributed by atoms with Gasteiger partial charge in [0.1, 0.15) is 17.4 Å². The minimum absolute atomic E-state index is 0.129. The molecule has 1 aromatic heterocycles. The highest BCUT2D eigenvalue weighted by molar-refractivity contribution is 5.96. The number of carbonyl (C=O) groups excluding carboxylic acids is 1. The Bertz CT molecular complexity index is 2060. The van der Waals surface area contributed by atoms with Crippen LogP contribution in [0.15, 0.2) is 84.9 Å². The summed E-state index contributed by atoms with van der Waals surface area (Å²) in [5.74, 6) is 2.09. The third-order valence-electron chi connectivity index (χ3n) is 11.1. The molecule has 0 spiro atoms. The summed E-state index contributed by atoms with van der Waals surface area (Å²) in [4.78, 5) is 23.2. The number of amides is 1. The number of hydrogen-bond acceptors (Lipinski definition) is 8. The number of fused-ring (bicyclic) bond motifs is 1. The summed E-state index contributed by atoms with van der Waals surface area (Å²) in [5, 5.41) is 3.75. The standard InChI is InChI=1S/C43H49F2N5O5/c1-52-38-26-30(27-39(53-2)40(38)54-3)41(51)49-24-19-43(29-49,31-8-6-9-33(45)28-31)18-23-48-21-16-34(17-22-48)46-42-47-36-10-4-5-11-37(36)50(42)20-7-25-55-35-14-12-32(44)13-15-35/h4-6,8-15,26-28,34H,7,16-25,29H2,1-3H3,(H,46,47). The van der Waals surface area contributed by atoms with Crippen molar-refractivity contribution in [3.63, 3.8) is 0 Å². The fourth-order valence-corrected chi connectivity index (χ4v) is 8.05. The summed E-state index contributed by atoms with van der Waals surface area (Å²) >= 11 is 0. The molecule has 10 nitrogen and oxygen atoms in total. The Kier molecular flexibility index (Phi) is 11.7. The molecule has 3 heterocycles. The minimum atomic E-state index is -0.390. The Balaban J connectivity index is 0.983. The van der Waals surface area contributed by atoms with Gasteiger partial charge in [-0.05, 0) is 105 Å². The summed E-state index contributed by atoms with van der Waals surface area (Å²) in [5.41, 5.74) is 3.00. The zero-order valence-electron chi connectivity index (χ0n) is 31.7. The van der Waals surface area contributed by atoms with E-state index < -0.39 is 5.41 Å². The Hall–Kier alpha value is -5.36. The second-order valence-electron chi connectivity index (χ2n) is 14.4. The van der Waals surface area contributed by atoms with Gasteiger partial charge in [0.05, 0.1) is 39.0 Å². The number of nitrogens with zero attached hydrogens (tertiary/aromatic N) is 4. The molecule has 1 N–H and O–H groups in total. The minimum Gasteiger partial charge on any atom is -0.494 e. The van der Waals surface area contributed by atoms with E-state index in [9.17, 15) is 13.6 Å². The van der Waals surface area contributed by atoms with E-state index in [4.69, 9.17) is 23.9 Å². The van der Waals surface area contributed by atoms with E-state index in [1.54, 1.807) is 36.4 Å². The smallest absolute Gasteiger partial charge is 0.254 e. The molecule has 55 heavy (non-hydrogen) atoms. The molecule has 12 heteroatoms. The predicted octanol–water partition coefficient (Wildman–Crippen LogP) is 7.56. The first-order chi connectivity index (χ1) is 26.8. The molecule has 4 aromatic carbocycles. The normalized spacial score (nSPS) is 17.7. The summed E-state index contributed by atoms with van der Waals surface area (Å²) in [6.45, 7) is 4.93. The number of likely N-dealkylation sites (tertiary alicyclic amines) is 2. The van der Waals surface area contributed by atoms with Gasteiger partial charge < -0.3 is 38.6 Å². The van der Waals surface area contributed by atoms with Crippen LogP contribution in [-0.4, -0.2) is 92.0 Å². The van der Waals surface area contributed by atoms with Crippen molar-refractivity contribution in [2.24, 2.45) is 0 Å². The number of aromatic nitrogens is 2. The fraction of sp³-hybridized carbons (Fsp3) is 0.395. The van der Waals surface area contributed by atoms with Crippen LogP contribution >= 0.6 is 0 Å². The molecular weight excluding hydrogens is 704 g/mol. The third-order valence-corrected chi connectivity index (χ3v) is 11.1. The monoisotopic (exact) mass is 753 g/mol. The molecule has 1 atom stereocenters. The maximum Gasteiger partial charge on any atom is 0.254 e. The van der Waals surface area contributed by atoms with Gasteiger partial charge >= 0.3 is 0 Å². The molecule has 7 rings (SSSR count). The molecule has 1 unspecified atom stereocenters. The Morgan fingerprint density at radius 1 is 0.855 bits per heavy atom. The lowest BCUT2D eigenvalue weighted by molar-refractivity contribution is 0.0779. The molecule has 290 valence electrons. The first-order valence-electron chi connectivity index (χ1n) is 19.0. The summed E-state index contributed by atoms with van der Waals surface area (Å²) < 4.78 is 52.5. The van der Waals surface area contributed by atoms with Crippen molar-refractivity contribution in [3.05, 3.63) is 108 Å². The maximum absolute atomic E-state index is 14.7. The average molecular weight is 754 g/mol. The predicted molar refractivity (Wildman–Crippen MR) is 209 cm³/mol. The van der Waals surface area contributed by atoms with Crippen LogP contribution in [-0.2, 0) is 12.0 Å². The topological polar surface area (TPSA) is 90.3 Å². The van der Waals surface area contributed by atoms with Crippen LogP contribution in [0.4, 0.5) is 14.7 Å². The van der Waals surface area contributed by atoms with Crippen LogP contribution in [0.1, 0.15) is 48.0 Å². The van der Waals surface area contributed by atoms with Crippen LogP contribution in [0.25, 0.3) is 11.0 Å². The zero-order chi connectivity index (χ0) is 38.4. The third kappa shape index (κ3) is 8.49. The molecule has 0 radical (unpaired) electrons. The van der Waals surface area contributed by atoms with Crippen molar-refractivity contribution in [3.8, 4) is 23.0 Å². The van der Waals surface area contributed by atoms with Crippen molar-refractivity contribution >= 4 is 22.9 Å². The van der Waals surface area contributed by atoms with Gasteiger partial charge in [0, 0.05) is 49.7 Å². The molecular formula is C43H49F2N5O5. The van der Waals surface area contributed by atoms with Crippen molar-refractivity contribution in [1.82, 2.24) is 19.4 Å². The number of imidazole rings is 1. The fourth-order valence-electron chi connectivity index (χ4n) is 8.05. The number of ether oxygens (including phenoxy) is 4. The number of nitrogens with one attached hydrogen (secondary N) is 1. The second-order valence-corrected chi connectivity index (χ2v) is 14.4. The molecule has 0 bridgehead atoms. The number of hydrogen-bond donors (Lipinski definition) is 1. The number of carbonyl (C=O) groups is 1. The number of methoxy groups -OCH3 is 3. The molecule has 1 amide bonds. The molecule has 2 aliphatic heterocycles. The van der Waals surface area contributed by atoms with Gasteiger partial charge in [-0.1, -0.05) is 24.3 Å². The first-order valence-corrected chi connectivity index (χ1v) is 19.0. The lowest BCUT2D eigenvalue weighted by Crippen LogP contribution is -2.42. The molecule has 0 saturated carbocycles. The van der Waals surface area contributed by atoms with Crippen molar-refractivity contribution in [2.75, 3.05) is 66.0 Å². The molecule has 2 saturated heterocycles. The quantitative estimate of drug-likeness (QED) is 0.110. The maximum atomic E-state index is 14.7. The second kappa shape index (κ2) is 17.0. The van der Waals surface area contributed by atoms with Gasteiger partial charge in [0.2, 0.25) is 11.7 Å². The van der Waals surface area contributed by atoms with Crippen LogP contribution < -0.4 is 24.3 Å². The molecule has 2 aliphatic rings. The highest BCUT2D eigenvalue weighted by atomic mass is 19.1. The summed E-state index contributed by atoms with van der Waals surface area (Å²) in [6.07, 6.45) is 4.20. The number of halogens is 2. The largest absolute Gasteiger partial charge is 0.494 e. The number of piperidine rings is 1. The molecule has 5 aromatic rings. The number of aryl methyl sites for hydroxylation is 1. The van der Waals surface area contributed by atoms with E-state index in [1.165, 1.54) is 39.5 Å².